The summed E-state index contributed by atoms with van der Waals surface area (Å²) in [6.07, 6.45) is 0.868. The Morgan fingerprint density at radius 3 is 2.50 bits per heavy atom. The smallest absolute Gasteiger partial charge is 0.125 e. The number of halogens is 1. The van der Waals surface area contributed by atoms with Crippen LogP contribution in [-0.4, -0.2) is 0 Å². The molecule has 1 unspecified atom stereocenters. The Bertz CT molecular complexity index is 560. The zero-order valence-electron chi connectivity index (χ0n) is 11.0. The second kappa shape index (κ2) is 5.17. The fraction of sp³-hybridized carbons (Fsp3) is 0.333. The van der Waals surface area contributed by atoms with Gasteiger partial charge < -0.3 is 10.2 Å². The molecular formula is C15H18ClNO. The third-order valence-electron chi connectivity index (χ3n) is 3.29. The van der Waals surface area contributed by atoms with Crippen molar-refractivity contribution in [2.24, 2.45) is 5.73 Å². The summed E-state index contributed by atoms with van der Waals surface area (Å²) >= 11 is 6.27. The zero-order valence-corrected chi connectivity index (χ0v) is 11.7. The van der Waals surface area contributed by atoms with Gasteiger partial charge in [-0.05, 0) is 48.7 Å². The van der Waals surface area contributed by atoms with Crippen molar-refractivity contribution in [3.05, 3.63) is 57.5 Å². The van der Waals surface area contributed by atoms with E-state index in [-0.39, 0.29) is 6.04 Å². The van der Waals surface area contributed by atoms with Crippen LogP contribution in [0.1, 0.15) is 41.2 Å². The van der Waals surface area contributed by atoms with Gasteiger partial charge in [0.25, 0.3) is 0 Å². The van der Waals surface area contributed by atoms with Crippen LogP contribution in [0.4, 0.5) is 0 Å². The van der Waals surface area contributed by atoms with Gasteiger partial charge in [-0.3, -0.25) is 0 Å². The highest BCUT2D eigenvalue weighted by Gasteiger charge is 2.17. The van der Waals surface area contributed by atoms with Gasteiger partial charge in [0.1, 0.15) is 11.5 Å². The monoisotopic (exact) mass is 263 g/mol. The number of aryl methyl sites for hydroxylation is 3. The first-order chi connectivity index (χ1) is 8.52. The van der Waals surface area contributed by atoms with E-state index in [0.717, 1.165) is 23.5 Å². The minimum Gasteiger partial charge on any atom is -0.464 e. The molecule has 0 saturated carbocycles. The summed E-state index contributed by atoms with van der Waals surface area (Å²) in [7, 11) is 0. The van der Waals surface area contributed by atoms with Crippen molar-refractivity contribution in [1.82, 2.24) is 0 Å². The predicted octanol–water partition coefficient (Wildman–Crippen LogP) is 4.16. The summed E-state index contributed by atoms with van der Waals surface area (Å²) in [4.78, 5) is 0. The van der Waals surface area contributed by atoms with E-state index in [1.807, 2.05) is 31.2 Å². The average molecular weight is 264 g/mol. The molecule has 2 N–H and O–H groups in total. The molecule has 1 atom stereocenters. The highest BCUT2D eigenvalue weighted by atomic mass is 35.5. The Labute approximate surface area is 113 Å². The van der Waals surface area contributed by atoms with Crippen LogP contribution in [0.25, 0.3) is 0 Å². The van der Waals surface area contributed by atoms with Crippen LogP contribution < -0.4 is 5.73 Å². The molecule has 3 heteroatoms. The Morgan fingerprint density at radius 1 is 1.22 bits per heavy atom. The molecule has 1 aromatic carbocycles. The molecule has 0 saturated heterocycles. The van der Waals surface area contributed by atoms with Gasteiger partial charge in [0, 0.05) is 11.4 Å². The van der Waals surface area contributed by atoms with Crippen LogP contribution in [0.5, 0.6) is 0 Å². The molecule has 96 valence electrons. The van der Waals surface area contributed by atoms with Crippen molar-refractivity contribution in [3.63, 3.8) is 0 Å². The van der Waals surface area contributed by atoms with Gasteiger partial charge in [-0.15, -0.1) is 0 Å². The fourth-order valence-electron chi connectivity index (χ4n) is 1.95. The zero-order chi connectivity index (χ0) is 13.3. The molecule has 1 aromatic heterocycles. The summed E-state index contributed by atoms with van der Waals surface area (Å²) < 4.78 is 5.69. The van der Waals surface area contributed by atoms with Crippen molar-refractivity contribution < 1.29 is 4.42 Å². The number of benzene rings is 1. The lowest BCUT2D eigenvalue weighted by Crippen LogP contribution is -2.12. The summed E-state index contributed by atoms with van der Waals surface area (Å²) in [5, 5.41) is 0.694. The Hall–Kier alpha value is -1.25. The molecule has 0 radical (unpaired) electrons. The largest absolute Gasteiger partial charge is 0.464 e. The highest BCUT2D eigenvalue weighted by molar-refractivity contribution is 6.31. The molecule has 2 nitrogen and oxygen atoms in total. The van der Waals surface area contributed by atoms with E-state index in [0.29, 0.717) is 5.02 Å². The Morgan fingerprint density at radius 2 is 1.89 bits per heavy atom. The number of hydrogen-bond acceptors (Lipinski definition) is 2. The van der Waals surface area contributed by atoms with E-state index in [9.17, 15) is 0 Å². The normalized spacial score (nSPS) is 12.7. The van der Waals surface area contributed by atoms with Crippen molar-refractivity contribution in [1.29, 1.82) is 0 Å². The SMILES string of the molecule is CCc1ccc(C(N)c2cc(C)c(C)cc2Cl)o1. The quantitative estimate of drug-likeness (QED) is 0.903. The number of hydrogen-bond donors (Lipinski definition) is 1. The molecule has 18 heavy (non-hydrogen) atoms. The minimum absolute atomic E-state index is 0.308. The van der Waals surface area contributed by atoms with Crippen LogP contribution in [-0.2, 0) is 6.42 Å². The van der Waals surface area contributed by atoms with Gasteiger partial charge >= 0.3 is 0 Å². The van der Waals surface area contributed by atoms with Gasteiger partial charge in [-0.1, -0.05) is 24.6 Å². The molecule has 0 bridgehead atoms. The van der Waals surface area contributed by atoms with Crippen molar-refractivity contribution in [2.75, 3.05) is 0 Å². The first kappa shape index (κ1) is 13.2. The standard InChI is InChI=1S/C15H18ClNO/c1-4-11-5-6-14(18-11)15(17)12-7-9(2)10(3)8-13(12)16/h5-8,15H,4,17H2,1-3H3. The molecular weight excluding hydrogens is 246 g/mol. The first-order valence-electron chi connectivity index (χ1n) is 6.13. The maximum Gasteiger partial charge on any atom is 0.125 e. The van der Waals surface area contributed by atoms with Crippen LogP contribution in [0.2, 0.25) is 5.02 Å². The third kappa shape index (κ3) is 2.45. The summed E-state index contributed by atoms with van der Waals surface area (Å²) in [5.41, 5.74) is 9.50. The lowest BCUT2D eigenvalue weighted by molar-refractivity contribution is 0.454. The van der Waals surface area contributed by atoms with Gasteiger partial charge in [-0.25, -0.2) is 0 Å². The predicted molar refractivity (Wildman–Crippen MR) is 75.0 cm³/mol. The van der Waals surface area contributed by atoms with E-state index >= 15 is 0 Å². The summed E-state index contributed by atoms with van der Waals surface area (Å²) in [5.74, 6) is 1.71. The number of rotatable bonds is 3. The average Bonchev–Trinajstić information content (AvgIpc) is 2.81. The molecule has 0 spiro atoms. The molecule has 1 heterocycles. The van der Waals surface area contributed by atoms with Crippen LogP contribution >= 0.6 is 11.6 Å². The number of nitrogens with two attached hydrogens (primary N) is 1. The number of furan rings is 1. The van der Waals surface area contributed by atoms with Gasteiger partial charge in [0.05, 0.1) is 6.04 Å². The molecule has 0 fully saturated rings. The summed E-state index contributed by atoms with van der Waals surface area (Å²) in [6, 6.07) is 7.57. The second-order valence-electron chi connectivity index (χ2n) is 4.59. The van der Waals surface area contributed by atoms with Gasteiger partial charge in [-0.2, -0.15) is 0 Å². The maximum atomic E-state index is 6.27. The summed E-state index contributed by atoms with van der Waals surface area (Å²) in [6.45, 7) is 6.15. The van der Waals surface area contributed by atoms with E-state index in [2.05, 4.69) is 13.8 Å². The second-order valence-corrected chi connectivity index (χ2v) is 5.00. The maximum absolute atomic E-state index is 6.27. The van der Waals surface area contributed by atoms with Crippen LogP contribution in [0.3, 0.4) is 0 Å². The third-order valence-corrected chi connectivity index (χ3v) is 3.61. The van der Waals surface area contributed by atoms with Gasteiger partial charge in [0.15, 0.2) is 0 Å². The van der Waals surface area contributed by atoms with Crippen molar-refractivity contribution >= 4 is 11.6 Å². The lowest BCUT2D eigenvalue weighted by Gasteiger charge is -2.13. The topological polar surface area (TPSA) is 39.2 Å². The highest BCUT2D eigenvalue weighted by Crippen LogP contribution is 2.30. The fourth-order valence-corrected chi connectivity index (χ4v) is 2.28. The first-order valence-corrected chi connectivity index (χ1v) is 6.51. The van der Waals surface area contributed by atoms with E-state index < -0.39 is 0 Å². The van der Waals surface area contributed by atoms with E-state index in [1.165, 1.54) is 11.1 Å². The molecule has 2 aromatic rings. The molecule has 0 aliphatic rings. The Kier molecular flexibility index (Phi) is 3.79. The lowest BCUT2D eigenvalue weighted by atomic mass is 10.00. The Balaban J connectivity index is 2.39. The van der Waals surface area contributed by atoms with Crippen molar-refractivity contribution in [3.8, 4) is 0 Å². The van der Waals surface area contributed by atoms with E-state index in [4.69, 9.17) is 21.8 Å². The molecule has 0 aliphatic carbocycles. The van der Waals surface area contributed by atoms with Crippen LogP contribution in [0.15, 0.2) is 28.7 Å². The molecule has 0 aliphatic heterocycles. The molecule has 2 rings (SSSR count). The van der Waals surface area contributed by atoms with Crippen LogP contribution in [0, 0.1) is 13.8 Å². The van der Waals surface area contributed by atoms with Crippen molar-refractivity contribution in [2.45, 2.75) is 33.2 Å². The van der Waals surface area contributed by atoms with E-state index in [1.54, 1.807) is 0 Å². The molecule has 0 amide bonds. The minimum atomic E-state index is -0.308. The van der Waals surface area contributed by atoms with Gasteiger partial charge in [0.2, 0.25) is 0 Å².